The third-order valence-corrected chi connectivity index (χ3v) is 7.37. The summed E-state index contributed by atoms with van der Waals surface area (Å²) in [6.45, 7) is 2.73. The topological polar surface area (TPSA) is 103 Å². The molecule has 184 valence electrons. The number of rotatable bonds is 6. The van der Waals surface area contributed by atoms with E-state index in [1.54, 1.807) is 30.3 Å². The van der Waals surface area contributed by atoms with Crippen molar-refractivity contribution in [3.63, 3.8) is 0 Å². The van der Waals surface area contributed by atoms with Crippen molar-refractivity contribution in [1.29, 1.82) is 5.41 Å². The standard InChI is InChI=1S/C26H23ClN4O4S/c27-21-8-7-20(36-21)24(32)29-19-6-2-5-18-23(19)26(34)31(25(18)33)15-17-4-1-3-16(13-17)14-22(28)30-9-11-35-12-10-30/h1-8,13,28H,9-12,14-15H2,(H,29,32). The summed E-state index contributed by atoms with van der Waals surface area (Å²) in [7, 11) is 0. The molecule has 1 fully saturated rings. The summed E-state index contributed by atoms with van der Waals surface area (Å²) < 4.78 is 5.84. The molecular weight excluding hydrogens is 500 g/mol. The summed E-state index contributed by atoms with van der Waals surface area (Å²) in [5, 5.41) is 11.2. The number of nitrogens with zero attached hydrogens (tertiary/aromatic N) is 2. The molecule has 1 aromatic heterocycles. The average molecular weight is 523 g/mol. The maximum absolute atomic E-state index is 13.3. The monoisotopic (exact) mass is 522 g/mol. The van der Waals surface area contributed by atoms with Crippen molar-refractivity contribution in [1.82, 2.24) is 9.80 Å². The van der Waals surface area contributed by atoms with Gasteiger partial charge in [0.2, 0.25) is 0 Å². The molecule has 3 aromatic rings. The second-order valence-corrected chi connectivity index (χ2v) is 10.2. The van der Waals surface area contributed by atoms with Gasteiger partial charge in [-0.1, -0.05) is 41.9 Å². The predicted molar refractivity (Wildman–Crippen MR) is 138 cm³/mol. The van der Waals surface area contributed by atoms with Crippen LogP contribution in [0.1, 0.15) is 41.5 Å². The van der Waals surface area contributed by atoms with Crippen LogP contribution in [0.2, 0.25) is 4.34 Å². The Balaban J connectivity index is 1.31. The van der Waals surface area contributed by atoms with Crippen LogP contribution < -0.4 is 5.32 Å². The number of hydrogen-bond acceptors (Lipinski definition) is 6. The average Bonchev–Trinajstić information content (AvgIpc) is 3.42. The summed E-state index contributed by atoms with van der Waals surface area (Å²) in [5.41, 5.74) is 2.45. The zero-order valence-corrected chi connectivity index (χ0v) is 20.8. The largest absolute Gasteiger partial charge is 0.378 e. The summed E-state index contributed by atoms with van der Waals surface area (Å²) in [4.78, 5) is 42.7. The fourth-order valence-electron chi connectivity index (χ4n) is 4.36. The van der Waals surface area contributed by atoms with Gasteiger partial charge < -0.3 is 15.0 Å². The van der Waals surface area contributed by atoms with Gasteiger partial charge in [0.05, 0.1) is 45.8 Å². The van der Waals surface area contributed by atoms with E-state index in [1.165, 1.54) is 4.90 Å². The molecule has 10 heteroatoms. The summed E-state index contributed by atoms with van der Waals surface area (Å²) in [6, 6.07) is 15.7. The minimum Gasteiger partial charge on any atom is -0.378 e. The molecule has 3 heterocycles. The minimum atomic E-state index is -0.457. The first-order valence-corrected chi connectivity index (χ1v) is 12.6. The van der Waals surface area contributed by atoms with Crippen LogP contribution in [0, 0.1) is 5.41 Å². The van der Waals surface area contributed by atoms with E-state index in [9.17, 15) is 14.4 Å². The van der Waals surface area contributed by atoms with E-state index in [0.717, 1.165) is 22.5 Å². The Hall–Kier alpha value is -3.53. The van der Waals surface area contributed by atoms with Gasteiger partial charge in [-0.15, -0.1) is 11.3 Å². The molecule has 0 bridgehead atoms. The second-order valence-electron chi connectivity index (χ2n) is 8.53. The first kappa shape index (κ1) is 24.2. The number of imide groups is 1. The van der Waals surface area contributed by atoms with Gasteiger partial charge in [-0.2, -0.15) is 0 Å². The Morgan fingerprint density at radius 1 is 1.03 bits per heavy atom. The fraction of sp³-hybridized carbons (Fsp3) is 0.231. The van der Waals surface area contributed by atoms with Crippen LogP contribution in [-0.2, 0) is 17.7 Å². The van der Waals surface area contributed by atoms with Crippen molar-refractivity contribution in [2.24, 2.45) is 0 Å². The molecule has 0 saturated carbocycles. The van der Waals surface area contributed by atoms with E-state index in [0.29, 0.717) is 47.8 Å². The molecule has 0 radical (unpaired) electrons. The first-order valence-electron chi connectivity index (χ1n) is 11.4. The van der Waals surface area contributed by atoms with E-state index in [-0.39, 0.29) is 23.4 Å². The lowest BCUT2D eigenvalue weighted by atomic mass is 10.1. The van der Waals surface area contributed by atoms with Crippen LogP contribution in [-0.4, -0.2) is 59.7 Å². The van der Waals surface area contributed by atoms with E-state index in [1.807, 2.05) is 29.2 Å². The van der Waals surface area contributed by atoms with Crippen LogP contribution in [0.4, 0.5) is 5.69 Å². The maximum atomic E-state index is 13.3. The van der Waals surface area contributed by atoms with Crippen LogP contribution in [0.5, 0.6) is 0 Å². The van der Waals surface area contributed by atoms with Crippen molar-refractivity contribution in [3.8, 4) is 0 Å². The van der Waals surface area contributed by atoms with E-state index < -0.39 is 17.7 Å². The highest BCUT2D eigenvalue weighted by molar-refractivity contribution is 7.18. The number of carbonyl (C=O) groups excluding carboxylic acids is 3. The van der Waals surface area contributed by atoms with Crippen LogP contribution >= 0.6 is 22.9 Å². The Kier molecular flexibility index (Phi) is 6.86. The van der Waals surface area contributed by atoms with Gasteiger partial charge in [-0.25, -0.2) is 0 Å². The number of thiophene rings is 1. The molecule has 2 N–H and O–H groups in total. The molecule has 2 aliphatic heterocycles. The number of fused-ring (bicyclic) bond motifs is 1. The van der Waals surface area contributed by atoms with Crippen molar-refractivity contribution in [2.75, 3.05) is 31.6 Å². The highest BCUT2D eigenvalue weighted by atomic mass is 35.5. The third kappa shape index (κ3) is 4.90. The van der Waals surface area contributed by atoms with E-state index in [2.05, 4.69) is 5.32 Å². The molecule has 1 saturated heterocycles. The Labute approximate surface area is 216 Å². The molecule has 0 atom stereocenters. The van der Waals surface area contributed by atoms with Gasteiger partial charge in [-0.05, 0) is 35.4 Å². The molecule has 0 spiro atoms. The smallest absolute Gasteiger partial charge is 0.265 e. The van der Waals surface area contributed by atoms with Crippen LogP contribution in [0.25, 0.3) is 0 Å². The molecule has 2 aromatic carbocycles. The second kappa shape index (κ2) is 10.2. The molecule has 0 aliphatic carbocycles. The van der Waals surface area contributed by atoms with Gasteiger partial charge in [-0.3, -0.25) is 24.7 Å². The lowest BCUT2D eigenvalue weighted by molar-refractivity contribution is 0.0642. The van der Waals surface area contributed by atoms with Crippen molar-refractivity contribution < 1.29 is 19.1 Å². The normalized spacial score (nSPS) is 15.2. The van der Waals surface area contributed by atoms with Gasteiger partial charge in [0.25, 0.3) is 17.7 Å². The number of morpholine rings is 1. The zero-order chi connectivity index (χ0) is 25.2. The Morgan fingerprint density at radius 3 is 2.53 bits per heavy atom. The molecule has 8 nitrogen and oxygen atoms in total. The number of amides is 3. The SMILES string of the molecule is N=C(Cc1cccc(CN2C(=O)c3cccc(NC(=O)c4ccc(Cl)s4)c3C2=O)c1)N1CCOCC1. The van der Waals surface area contributed by atoms with Crippen molar-refractivity contribution in [2.45, 2.75) is 13.0 Å². The van der Waals surface area contributed by atoms with E-state index in [4.69, 9.17) is 21.7 Å². The molecule has 0 unspecified atom stereocenters. The minimum absolute atomic E-state index is 0.0962. The molecule has 36 heavy (non-hydrogen) atoms. The molecule has 5 rings (SSSR count). The van der Waals surface area contributed by atoms with E-state index >= 15 is 0 Å². The van der Waals surface area contributed by atoms with Gasteiger partial charge in [0.15, 0.2) is 0 Å². The summed E-state index contributed by atoms with van der Waals surface area (Å²) >= 11 is 7.07. The number of hydrogen-bond donors (Lipinski definition) is 2. The quantitative estimate of drug-likeness (QED) is 0.285. The number of ether oxygens (including phenoxy) is 1. The number of amidine groups is 1. The molecule has 3 amide bonds. The summed E-state index contributed by atoms with van der Waals surface area (Å²) in [6.07, 6.45) is 0.457. The van der Waals surface area contributed by atoms with Crippen molar-refractivity contribution in [3.05, 3.63) is 86.1 Å². The number of halogens is 1. The van der Waals surface area contributed by atoms with Gasteiger partial charge in [0.1, 0.15) is 5.84 Å². The highest BCUT2D eigenvalue weighted by Gasteiger charge is 2.37. The fourth-order valence-corrected chi connectivity index (χ4v) is 5.30. The Morgan fingerprint density at radius 2 is 1.78 bits per heavy atom. The number of nitrogens with one attached hydrogen (secondary N) is 2. The maximum Gasteiger partial charge on any atom is 0.265 e. The van der Waals surface area contributed by atoms with Gasteiger partial charge in [0, 0.05) is 19.5 Å². The van der Waals surface area contributed by atoms with Gasteiger partial charge >= 0.3 is 0 Å². The van der Waals surface area contributed by atoms with Crippen LogP contribution in [0.3, 0.4) is 0 Å². The van der Waals surface area contributed by atoms with Crippen LogP contribution in [0.15, 0.2) is 54.6 Å². The Bertz CT molecular complexity index is 1370. The first-order chi connectivity index (χ1) is 17.4. The number of carbonyl (C=O) groups is 3. The highest BCUT2D eigenvalue weighted by Crippen LogP contribution is 2.31. The number of anilines is 1. The predicted octanol–water partition coefficient (Wildman–Crippen LogP) is 4.30. The van der Waals surface area contributed by atoms with Crippen molar-refractivity contribution >= 4 is 52.2 Å². The zero-order valence-electron chi connectivity index (χ0n) is 19.3. The molecule has 2 aliphatic rings. The lowest BCUT2D eigenvalue weighted by Gasteiger charge is -2.29. The number of benzene rings is 2. The third-order valence-electron chi connectivity index (χ3n) is 6.14. The lowest BCUT2D eigenvalue weighted by Crippen LogP contribution is -2.41. The summed E-state index contributed by atoms with van der Waals surface area (Å²) in [5.74, 6) is -0.740. The molecular formula is C26H23ClN4O4S.